The minimum absolute atomic E-state index is 0.0969. The number of rotatable bonds is 4. The fourth-order valence-electron chi connectivity index (χ4n) is 1.76. The van der Waals surface area contributed by atoms with Crippen LogP contribution < -0.4 is 10.6 Å². The van der Waals surface area contributed by atoms with Gasteiger partial charge in [0.25, 0.3) is 11.8 Å². The first-order valence-corrected chi connectivity index (χ1v) is 6.56. The zero-order chi connectivity index (χ0) is 17.9. The quantitative estimate of drug-likeness (QED) is 0.509. The van der Waals surface area contributed by atoms with Crippen molar-refractivity contribution >= 4 is 17.5 Å². The number of hydrogen-bond donors (Lipinski definition) is 4. The van der Waals surface area contributed by atoms with Crippen LogP contribution in [0.15, 0.2) is 48.7 Å². The van der Waals surface area contributed by atoms with Crippen LogP contribution >= 0.6 is 0 Å². The summed E-state index contributed by atoms with van der Waals surface area (Å²) in [6.07, 6.45) is 0. The molecule has 2 amide bonds. The molecule has 0 atom stereocenters. The number of nitrogens with one attached hydrogen (secondary N) is 2. The summed E-state index contributed by atoms with van der Waals surface area (Å²) < 4.78 is 26.4. The molecular weight excluding hydrogens is 322 g/mol. The van der Waals surface area contributed by atoms with E-state index in [2.05, 4.69) is 17.2 Å². The predicted molar refractivity (Wildman–Crippen MR) is 81.4 cm³/mol. The Morgan fingerprint density at radius 1 is 1.04 bits per heavy atom. The second-order valence-corrected chi connectivity index (χ2v) is 4.71. The fourth-order valence-corrected chi connectivity index (χ4v) is 1.76. The number of carbonyl (C=O) groups is 2. The second kappa shape index (κ2) is 6.78. The van der Waals surface area contributed by atoms with E-state index in [1.54, 1.807) is 0 Å². The Labute approximate surface area is 135 Å². The molecule has 0 saturated heterocycles. The molecule has 0 heterocycles. The van der Waals surface area contributed by atoms with E-state index in [9.17, 15) is 28.6 Å². The third kappa shape index (κ3) is 3.86. The molecule has 0 aromatic heterocycles. The van der Waals surface area contributed by atoms with Crippen molar-refractivity contribution in [2.75, 3.05) is 5.32 Å². The number of phenolic OH excluding ortho intramolecular Hbond substituents is 2. The molecule has 8 heteroatoms. The normalized spacial score (nSPS) is 10.1. The van der Waals surface area contributed by atoms with Gasteiger partial charge in [0, 0.05) is 6.07 Å². The Kier molecular flexibility index (Phi) is 4.78. The lowest BCUT2D eigenvalue weighted by Gasteiger charge is -2.11. The Bertz CT molecular complexity index is 837. The first kappa shape index (κ1) is 16.9. The SMILES string of the molecule is C=C(NC(=O)c1cc(O)ccc1F)C(=O)Nc1ccc(F)cc1O. The number of benzene rings is 2. The van der Waals surface area contributed by atoms with Gasteiger partial charge >= 0.3 is 0 Å². The highest BCUT2D eigenvalue weighted by Gasteiger charge is 2.17. The number of phenols is 2. The van der Waals surface area contributed by atoms with Crippen molar-refractivity contribution in [3.63, 3.8) is 0 Å². The van der Waals surface area contributed by atoms with E-state index in [0.717, 1.165) is 36.4 Å². The molecule has 6 nitrogen and oxygen atoms in total. The van der Waals surface area contributed by atoms with Crippen molar-refractivity contribution in [1.29, 1.82) is 0 Å². The predicted octanol–water partition coefficient (Wildman–Crippen LogP) is 2.26. The van der Waals surface area contributed by atoms with Crippen LogP contribution in [0.5, 0.6) is 11.5 Å². The number of halogens is 2. The van der Waals surface area contributed by atoms with Gasteiger partial charge in [-0.05, 0) is 30.3 Å². The molecule has 2 aromatic carbocycles. The van der Waals surface area contributed by atoms with Crippen molar-refractivity contribution in [2.24, 2.45) is 0 Å². The van der Waals surface area contributed by atoms with Gasteiger partial charge in [-0.25, -0.2) is 8.78 Å². The Morgan fingerprint density at radius 2 is 1.75 bits per heavy atom. The fraction of sp³-hybridized carbons (Fsp3) is 0. The van der Waals surface area contributed by atoms with Gasteiger partial charge in [-0.3, -0.25) is 9.59 Å². The van der Waals surface area contributed by atoms with E-state index in [1.807, 2.05) is 0 Å². The monoisotopic (exact) mass is 334 g/mol. The largest absolute Gasteiger partial charge is 0.508 e. The molecule has 0 unspecified atom stereocenters. The van der Waals surface area contributed by atoms with Crippen LogP contribution in [-0.4, -0.2) is 22.0 Å². The van der Waals surface area contributed by atoms with E-state index in [-0.39, 0.29) is 11.4 Å². The zero-order valence-electron chi connectivity index (χ0n) is 12.1. The number of anilines is 1. The van der Waals surface area contributed by atoms with Crippen LogP contribution in [0.2, 0.25) is 0 Å². The molecule has 0 fully saturated rings. The van der Waals surface area contributed by atoms with Crippen molar-refractivity contribution in [2.45, 2.75) is 0 Å². The minimum atomic E-state index is -0.994. The van der Waals surface area contributed by atoms with Crippen LogP contribution in [0.1, 0.15) is 10.4 Å². The molecule has 0 bridgehead atoms. The summed E-state index contributed by atoms with van der Waals surface area (Å²) in [5.41, 5.74) is -1.01. The molecule has 2 aromatic rings. The Morgan fingerprint density at radius 3 is 2.42 bits per heavy atom. The zero-order valence-corrected chi connectivity index (χ0v) is 12.1. The van der Waals surface area contributed by atoms with E-state index in [1.165, 1.54) is 0 Å². The summed E-state index contributed by atoms with van der Waals surface area (Å²) in [5.74, 6) is -4.32. The van der Waals surface area contributed by atoms with Gasteiger partial charge < -0.3 is 20.8 Å². The molecule has 0 radical (unpaired) electrons. The summed E-state index contributed by atoms with van der Waals surface area (Å²) in [7, 11) is 0. The van der Waals surface area contributed by atoms with E-state index < -0.39 is 40.5 Å². The molecule has 0 aliphatic rings. The molecular formula is C16H12F2N2O4. The molecule has 0 aliphatic carbocycles. The van der Waals surface area contributed by atoms with Gasteiger partial charge in [0.15, 0.2) is 0 Å². The van der Waals surface area contributed by atoms with Gasteiger partial charge in [-0.2, -0.15) is 0 Å². The first-order valence-electron chi connectivity index (χ1n) is 6.56. The smallest absolute Gasteiger partial charge is 0.271 e. The van der Waals surface area contributed by atoms with Gasteiger partial charge in [0.05, 0.1) is 16.9 Å². The third-order valence-corrected chi connectivity index (χ3v) is 2.94. The molecule has 24 heavy (non-hydrogen) atoms. The summed E-state index contributed by atoms with van der Waals surface area (Å²) in [4.78, 5) is 23.8. The average Bonchev–Trinajstić information content (AvgIpc) is 2.52. The van der Waals surface area contributed by atoms with Crippen LogP contribution in [0.3, 0.4) is 0 Å². The number of amides is 2. The maximum absolute atomic E-state index is 13.5. The van der Waals surface area contributed by atoms with Crippen LogP contribution in [-0.2, 0) is 4.79 Å². The lowest BCUT2D eigenvalue weighted by molar-refractivity contribution is -0.113. The Hall–Kier alpha value is -3.42. The molecule has 4 N–H and O–H groups in total. The first-order chi connectivity index (χ1) is 11.3. The highest BCUT2D eigenvalue weighted by atomic mass is 19.1. The van der Waals surface area contributed by atoms with Gasteiger partial charge in [-0.1, -0.05) is 6.58 Å². The van der Waals surface area contributed by atoms with Crippen molar-refractivity contribution in [3.05, 3.63) is 65.9 Å². The van der Waals surface area contributed by atoms with Gasteiger partial charge in [-0.15, -0.1) is 0 Å². The minimum Gasteiger partial charge on any atom is -0.508 e. The number of aromatic hydroxyl groups is 2. The van der Waals surface area contributed by atoms with Crippen LogP contribution in [0, 0.1) is 11.6 Å². The van der Waals surface area contributed by atoms with Crippen molar-refractivity contribution in [3.8, 4) is 11.5 Å². The molecule has 124 valence electrons. The van der Waals surface area contributed by atoms with Crippen molar-refractivity contribution < 1.29 is 28.6 Å². The van der Waals surface area contributed by atoms with E-state index in [0.29, 0.717) is 0 Å². The molecule has 0 aliphatic heterocycles. The summed E-state index contributed by atoms with van der Waals surface area (Å²) in [6, 6.07) is 5.76. The number of carbonyl (C=O) groups excluding carboxylic acids is 2. The second-order valence-electron chi connectivity index (χ2n) is 4.71. The van der Waals surface area contributed by atoms with E-state index in [4.69, 9.17) is 0 Å². The molecule has 2 rings (SSSR count). The topological polar surface area (TPSA) is 98.7 Å². The average molecular weight is 334 g/mol. The van der Waals surface area contributed by atoms with E-state index >= 15 is 0 Å². The maximum Gasteiger partial charge on any atom is 0.271 e. The van der Waals surface area contributed by atoms with Crippen LogP contribution in [0.25, 0.3) is 0 Å². The number of hydrogen-bond acceptors (Lipinski definition) is 4. The van der Waals surface area contributed by atoms with Gasteiger partial charge in [0.2, 0.25) is 0 Å². The maximum atomic E-state index is 13.5. The standard InChI is InChI=1S/C16H12F2N2O4/c1-8(15(23)20-13-5-2-9(17)6-14(13)22)19-16(24)11-7-10(21)3-4-12(11)18/h2-7,21-22H,1H2,(H,19,24)(H,20,23). The molecule has 0 saturated carbocycles. The third-order valence-electron chi connectivity index (χ3n) is 2.94. The summed E-state index contributed by atoms with van der Waals surface area (Å²) in [6.45, 7) is 3.33. The van der Waals surface area contributed by atoms with Crippen molar-refractivity contribution in [1.82, 2.24) is 5.32 Å². The Balaban J connectivity index is 2.07. The highest BCUT2D eigenvalue weighted by molar-refractivity contribution is 6.08. The van der Waals surface area contributed by atoms with Crippen LogP contribution in [0.4, 0.5) is 14.5 Å². The summed E-state index contributed by atoms with van der Waals surface area (Å²) >= 11 is 0. The lowest BCUT2D eigenvalue weighted by atomic mass is 10.2. The lowest BCUT2D eigenvalue weighted by Crippen LogP contribution is -2.30. The van der Waals surface area contributed by atoms with Gasteiger partial charge in [0.1, 0.15) is 23.1 Å². The highest BCUT2D eigenvalue weighted by Crippen LogP contribution is 2.23. The summed E-state index contributed by atoms with van der Waals surface area (Å²) in [5, 5.41) is 23.0. The molecule has 0 spiro atoms.